The number of nitrogens with one attached hydrogen (secondary N) is 1. The molecule has 0 amide bonds. The molecule has 2 N–H and O–H groups in total. The molecule has 1 aromatic carbocycles. The van der Waals surface area contributed by atoms with Crippen LogP contribution in [0.2, 0.25) is 0 Å². The first-order valence-corrected chi connectivity index (χ1v) is 7.77. The van der Waals surface area contributed by atoms with Crippen molar-refractivity contribution in [3.8, 4) is 0 Å². The van der Waals surface area contributed by atoms with Gasteiger partial charge < -0.3 is 15.3 Å². The number of anilines is 1. The Bertz CT molecular complexity index is 431. The fourth-order valence-corrected chi connectivity index (χ4v) is 3.00. The van der Waals surface area contributed by atoms with Crippen LogP contribution in [-0.4, -0.2) is 31.3 Å². The van der Waals surface area contributed by atoms with Crippen molar-refractivity contribution < 1.29 is 5.11 Å². The number of rotatable bonds is 6. The fourth-order valence-electron chi connectivity index (χ4n) is 3.00. The Morgan fingerprint density at radius 3 is 2.85 bits per heavy atom. The molecule has 1 aromatic rings. The van der Waals surface area contributed by atoms with Crippen LogP contribution in [0.25, 0.3) is 0 Å². The van der Waals surface area contributed by atoms with Gasteiger partial charge >= 0.3 is 0 Å². The highest BCUT2D eigenvalue weighted by molar-refractivity contribution is 5.56. The summed E-state index contributed by atoms with van der Waals surface area (Å²) in [7, 11) is 2.17. The summed E-state index contributed by atoms with van der Waals surface area (Å²) in [6, 6.07) is 6.97. The summed E-state index contributed by atoms with van der Waals surface area (Å²) in [5, 5.41) is 12.9. The van der Waals surface area contributed by atoms with Gasteiger partial charge in [0.1, 0.15) is 0 Å². The molecular formula is C17H28N2O. The zero-order valence-corrected chi connectivity index (χ0v) is 13.0. The van der Waals surface area contributed by atoms with Crippen LogP contribution in [0.3, 0.4) is 0 Å². The Balaban J connectivity index is 1.96. The smallest absolute Gasteiger partial charge is 0.0584 e. The Morgan fingerprint density at radius 2 is 2.15 bits per heavy atom. The fraction of sp³-hybridized carbons (Fsp3) is 0.647. The normalized spacial score (nSPS) is 16.4. The van der Waals surface area contributed by atoms with Crippen molar-refractivity contribution in [2.45, 2.75) is 45.7 Å². The number of aryl methyl sites for hydroxylation is 1. The second-order valence-corrected chi connectivity index (χ2v) is 6.38. The molecule has 1 heterocycles. The van der Waals surface area contributed by atoms with Gasteiger partial charge in [-0.25, -0.2) is 0 Å². The first-order valence-electron chi connectivity index (χ1n) is 7.77. The monoisotopic (exact) mass is 276 g/mol. The van der Waals surface area contributed by atoms with Gasteiger partial charge in [-0.05, 0) is 42.4 Å². The summed E-state index contributed by atoms with van der Waals surface area (Å²) in [4.78, 5) is 2.34. The average molecular weight is 276 g/mol. The summed E-state index contributed by atoms with van der Waals surface area (Å²) in [5.41, 5.74) is 4.16. The van der Waals surface area contributed by atoms with E-state index in [4.69, 9.17) is 0 Å². The highest BCUT2D eigenvalue weighted by Crippen LogP contribution is 2.26. The first kappa shape index (κ1) is 15.3. The minimum absolute atomic E-state index is 0.203. The molecule has 0 aromatic heterocycles. The summed E-state index contributed by atoms with van der Waals surface area (Å²) < 4.78 is 0. The first-order chi connectivity index (χ1) is 9.60. The van der Waals surface area contributed by atoms with Crippen LogP contribution in [-0.2, 0) is 13.0 Å². The molecule has 1 unspecified atom stereocenters. The van der Waals surface area contributed by atoms with Crippen molar-refractivity contribution in [3.63, 3.8) is 0 Å². The van der Waals surface area contributed by atoms with E-state index >= 15 is 0 Å². The Morgan fingerprint density at radius 1 is 1.35 bits per heavy atom. The molecule has 3 nitrogen and oxygen atoms in total. The highest BCUT2D eigenvalue weighted by atomic mass is 16.3. The zero-order chi connectivity index (χ0) is 14.5. The van der Waals surface area contributed by atoms with Gasteiger partial charge in [-0.1, -0.05) is 26.0 Å². The minimum atomic E-state index is 0.203. The van der Waals surface area contributed by atoms with Crippen molar-refractivity contribution in [1.29, 1.82) is 0 Å². The number of fused-ring (bicyclic) bond motifs is 1. The molecular weight excluding hydrogens is 248 g/mol. The van der Waals surface area contributed by atoms with Crippen molar-refractivity contribution in [2.24, 2.45) is 5.92 Å². The van der Waals surface area contributed by atoms with Gasteiger partial charge in [0.2, 0.25) is 0 Å². The maximum Gasteiger partial charge on any atom is 0.0584 e. The lowest BCUT2D eigenvalue weighted by Gasteiger charge is -2.28. The van der Waals surface area contributed by atoms with E-state index in [2.05, 4.69) is 49.3 Å². The third-order valence-corrected chi connectivity index (χ3v) is 4.07. The van der Waals surface area contributed by atoms with Crippen molar-refractivity contribution in [1.82, 2.24) is 5.32 Å². The second kappa shape index (κ2) is 7.09. The van der Waals surface area contributed by atoms with Gasteiger partial charge in [0.25, 0.3) is 0 Å². The quantitative estimate of drug-likeness (QED) is 0.838. The largest absolute Gasteiger partial charge is 0.395 e. The number of nitrogens with zero attached hydrogens (tertiary/aromatic N) is 1. The summed E-state index contributed by atoms with van der Waals surface area (Å²) >= 11 is 0. The molecule has 0 aliphatic carbocycles. The summed E-state index contributed by atoms with van der Waals surface area (Å²) in [6.45, 7) is 6.60. The van der Waals surface area contributed by atoms with Crippen molar-refractivity contribution >= 4 is 5.69 Å². The molecule has 20 heavy (non-hydrogen) atoms. The third kappa shape index (κ3) is 3.97. The minimum Gasteiger partial charge on any atom is -0.395 e. The van der Waals surface area contributed by atoms with Crippen LogP contribution >= 0.6 is 0 Å². The van der Waals surface area contributed by atoms with Gasteiger partial charge in [0, 0.05) is 31.9 Å². The van der Waals surface area contributed by atoms with Gasteiger partial charge in [-0.15, -0.1) is 0 Å². The molecule has 112 valence electrons. The molecule has 3 heteroatoms. The van der Waals surface area contributed by atoms with Crippen LogP contribution in [0.4, 0.5) is 5.69 Å². The van der Waals surface area contributed by atoms with E-state index < -0.39 is 0 Å². The van der Waals surface area contributed by atoms with Crippen LogP contribution in [0.1, 0.15) is 37.8 Å². The standard InChI is InChI=1S/C17H28N2O/c1-13(2)9-16(12-20)18-11-14-6-7-17-15(10-14)5-4-8-19(17)3/h6-7,10,13,16,18,20H,4-5,8-9,11-12H2,1-3H3. The van der Waals surface area contributed by atoms with Crippen LogP contribution < -0.4 is 10.2 Å². The number of aliphatic hydroxyl groups is 1. The lowest BCUT2D eigenvalue weighted by molar-refractivity contribution is 0.223. The van der Waals surface area contributed by atoms with E-state index in [1.165, 1.54) is 29.7 Å². The van der Waals surface area contributed by atoms with Crippen molar-refractivity contribution in [2.75, 3.05) is 25.1 Å². The maximum absolute atomic E-state index is 9.41. The molecule has 1 aliphatic rings. The van der Waals surface area contributed by atoms with Gasteiger partial charge in [0.05, 0.1) is 6.61 Å². The number of benzene rings is 1. The predicted molar refractivity (Wildman–Crippen MR) is 85.2 cm³/mol. The number of hydrogen-bond donors (Lipinski definition) is 2. The van der Waals surface area contributed by atoms with Crippen LogP contribution in [0, 0.1) is 5.92 Å². The molecule has 0 radical (unpaired) electrons. The molecule has 0 spiro atoms. The summed E-state index contributed by atoms with van der Waals surface area (Å²) in [5.74, 6) is 0.608. The number of aliphatic hydroxyl groups excluding tert-OH is 1. The topological polar surface area (TPSA) is 35.5 Å². The van der Waals surface area contributed by atoms with Crippen molar-refractivity contribution in [3.05, 3.63) is 29.3 Å². The molecule has 1 atom stereocenters. The van der Waals surface area contributed by atoms with Crippen LogP contribution in [0.5, 0.6) is 0 Å². The number of hydrogen-bond acceptors (Lipinski definition) is 3. The van der Waals surface area contributed by atoms with Gasteiger partial charge in [0.15, 0.2) is 0 Å². The van der Waals surface area contributed by atoms with E-state index in [0.717, 1.165) is 19.5 Å². The Kier molecular flexibility index (Phi) is 5.44. The van der Waals surface area contributed by atoms with E-state index in [1.807, 2.05) is 0 Å². The van der Waals surface area contributed by atoms with Gasteiger partial charge in [-0.2, -0.15) is 0 Å². The third-order valence-electron chi connectivity index (χ3n) is 4.07. The Labute approximate surface area is 123 Å². The second-order valence-electron chi connectivity index (χ2n) is 6.38. The summed E-state index contributed by atoms with van der Waals surface area (Å²) in [6.07, 6.45) is 3.44. The van der Waals surface area contributed by atoms with Gasteiger partial charge in [-0.3, -0.25) is 0 Å². The molecule has 1 aliphatic heterocycles. The SMILES string of the molecule is CC(C)CC(CO)NCc1ccc2c(c1)CCCN2C. The van der Waals surface area contributed by atoms with E-state index in [1.54, 1.807) is 0 Å². The van der Waals surface area contributed by atoms with E-state index in [0.29, 0.717) is 5.92 Å². The lowest BCUT2D eigenvalue weighted by Crippen LogP contribution is -2.33. The maximum atomic E-state index is 9.41. The molecule has 2 rings (SSSR count). The highest BCUT2D eigenvalue weighted by Gasteiger charge is 2.14. The van der Waals surface area contributed by atoms with E-state index in [-0.39, 0.29) is 12.6 Å². The molecule has 0 saturated carbocycles. The van der Waals surface area contributed by atoms with E-state index in [9.17, 15) is 5.11 Å². The Hall–Kier alpha value is -1.06. The van der Waals surface area contributed by atoms with Crippen LogP contribution in [0.15, 0.2) is 18.2 Å². The predicted octanol–water partition coefficient (Wildman–Crippen LogP) is 2.57. The average Bonchev–Trinajstić information content (AvgIpc) is 2.43. The molecule has 0 saturated heterocycles. The molecule has 0 bridgehead atoms. The zero-order valence-electron chi connectivity index (χ0n) is 13.0. The lowest BCUT2D eigenvalue weighted by atomic mass is 9.99. The molecule has 0 fully saturated rings.